The molecule has 0 unspecified atom stereocenters. The van der Waals surface area contributed by atoms with Gasteiger partial charge in [0.15, 0.2) is 5.65 Å². The summed E-state index contributed by atoms with van der Waals surface area (Å²) in [4.78, 5) is 15.4. The molecule has 8 heteroatoms. The van der Waals surface area contributed by atoms with Crippen molar-refractivity contribution in [2.75, 3.05) is 25.4 Å². The summed E-state index contributed by atoms with van der Waals surface area (Å²) in [5.41, 5.74) is 7.83. The van der Waals surface area contributed by atoms with Crippen LogP contribution in [0.4, 0.5) is 5.82 Å². The molecule has 1 fully saturated rings. The third-order valence-electron chi connectivity index (χ3n) is 5.42. The highest BCUT2D eigenvalue weighted by molar-refractivity contribution is 5.85. The van der Waals surface area contributed by atoms with Crippen molar-refractivity contribution in [3.8, 4) is 6.01 Å². The van der Waals surface area contributed by atoms with E-state index in [9.17, 15) is 0 Å². The zero-order chi connectivity index (χ0) is 19.9. The summed E-state index contributed by atoms with van der Waals surface area (Å²) in [6.07, 6.45) is 12.8. The third-order valence-corrected chi connectivity index (χ3v) is 5.42. The highest BCUT2D eigenvalue weighted by Gasteiger charge is 2.13. The normalized spacial score (nSPS) is 14.6. The topological polar surface area (TPSA) is 95.0 Å². The molecule has 4 heterocycles. The number of unbranched alkanes of at least 4 members (excludes halogenated alkanes) is 3. The number of nitrogens with two attached hydrogens (primary N) is 1. The van der Waals surface area contributed by atoms with Crippen LogP contribution in [0.5, 0.6) is 6.01 Å². The second-order valence-electron chi connectivity index (χ2n) is 7.60. The minimum atomic E-state index is 0.277. The molecule has 1 aliphatic rings. The molecule has 0 aromatic carbocycles. The lowest BCUT2D eigenvalue weighted by molar-refractivity contribution is 0.282. The Labute approximate surface area is 171 Å². The van der Waals surface area contributed by atoms with Crippen LogP contribution in [0.2, 0.25) is 0 Å². The first-order valence-electron chi connectivity index (χ1n) is 10.5. The standard InChI is InChI=1S/C21H29N7O/c22-19-18-15-24-28(14-4-2-1-3-11-27-12-5-6-13-27)20(18)26-21(25-19)29-16-17-7-9-23-10-8-17/h7-10,15H,1-6,11-14,16H2,(H2,22,25,26). The molecule has 2 N–H and O–H groups in total. The number of rotatable bonds is 10. The van der Waals surface area contributed by atoms with Crippen molar-refractivity contribution in [1.82, 2.24) is 29.6 Å². The molecular weight excluding hydrogens is 366 g/mol. The van der Waals surface area contributed by atoms with Crippen LogP contribution >= 0.6 is 0 Å². The Morgan fingerprint density at radius 3 is 2.52 bits per heavy atom. The van der Waals surface area contributed by atoms with Crippen molar-refractivity contribution in [2.24, 2.45) is 0 Å². The van der Waals surface area contributed by atoms with Gasteiger partial charge in [-0.2, -0.15) is 15.1 Å². The first-order chi connectivity index (χ1) is 14.3. The number of nitrogens with zero attached hydrogens (tertiary/aromatic N) is 6. The van der Waals surface area contributed by atoms with Gasteiger partial charge >= 0.3 is 6.01 Å². The van der Waals surface area contributed by atoms with Gasteiger partial charge in [-0.15, -0.1) is 0 Å². The number of anilines is 1. The fourth-order valence-corrected chi connectivity index (χ4v) is 3.77. The Kier molecular flexibility index (Phi) is 6.51. The van der Waals surface area contributed by atoms with Crippen LogP contribution in [-0.4, -0.2) is 49.3 Å². The van der Waals surface area contributed by atoms with Gasteiger partial charge in [-0.1, -0.05) is 12.8 Å². The number of nitrogen functional groups attached to an aromatic ring is 1. The predicted molar refractivity (Wildman–Crippen MR) is 112 cm³/mol. The molecule has 0 saturated carbocycles. The number of aryl methyl sites for hydroxylation is 1. The number of hydrogen-bond acceptors (Lipinski definition) is 7. The van der Waals surface area contributed by atoms with Crippen molar-refractivity contribution in [2.45, 2.75) is 51.7 Å². The number of likely N-dealkylation sites (tertiary alicyclic amines) is 1. The van der Waals surface area contributed by atoms with E-state index in [0.717, 1.165) is 29.6 Å². The molecule has 3 aromatic rings. The van der Waals surface area contributed by atoms with Crippen LogP contribution < -0.4 is 10.5 Å². The Balaban J connectivity index is 1.30. The molecule has 4 rings (SSSR count). The molecule has 3 aromatic heterocycles. The van der Waals surface area contributed by atoms with E-state index in [2.05, 4.69) is 25.0 Å². The predicted octanol–water partition coefficient (Wildman–Crippen LogP) is 3.04. The van der Waals surface area contributed by atoms with Gasteiger partial charge < -0.3 is 15.4 Å². The maximum absolute atomic E-state index is 6.09. The first kappa shape index (κ1) is 19.6. The van der Waals surface area contributed by atoms with Crippen LogP contribution in [-0.2, 0) is 13.2 Å². The fourth-order valence-electron chi connectivity index (χ4n) is 3.77. The van der Waals surface area contributed by atoms with E-state index in [4.69, 9.17) is 10.5 Å². The second kappa shape index (κ2) is 9.65. The molecule has 1 saturated heterocycles. The maximum Gasteiger partial charge on any atom is 0.320 e. The molecule has 8 nitrogen and oxygen atoms in total. The molecule has 0 radical (unpaired) electrons. The van der Waals surface area contributed by atoms with E-state index in [1.54, 1.807) is 18.6 Å². The summed E-state index contributed by atoms with van der Waals surface area (Å²) in [7, 11) is 0. The average Bonchev–Trinajstić information content (AvgIpc) is 3.40. The van der Waals surface area contributed by atoms with E-state index in [0.29, 0.717) is 12.4 Å². The van der Waals surface area contributed by atoms with Crippen molar-refractivity contribution in [1.29, 1.82) is 0 Å². The zero-order valence-electron chi connectivity index (χ0n) is 16.8. The second-order valence-corrected chi connectivity index (χ2v) is 7.60. The summed E-state index contributed by atoms with van der Waals surface area (Å²) in [5.74, 6) is 0.400. The van der Waals surface area contributed by atoms with E-state index in [-0.39, 0.29) is 6.01 Å². The lowest BCUT2D eigenvalue weighted by atomic mass is 10.2. The Hall–Kier alpha value is -2.74. The summed E-state index contributed by atoms with van der Waals surface area (Å²) in [6, 6.07) is 4.07. The van der Waals surface area contributed by atoms with Crippen molar-refractivity contribution < 1.29 is 4.74 Å². The quantitative estimate of drug-likeness (QED) is 0.527. The number of fused-ring (bicyclic) bond motifs is 1. The maximum atomic E-state index is 6.09. The summed E-state index contributed by atoms with van der Waals surface area (Å²) in [6.45, 7) is 5.01. The van der Waals surface area contributed by atoms with Gasteiger partial charge in [0.25, 0.3) is 0 Å². The number of aromatic nitrogens is 5. The molecule has 0 bridgehead atoms. The van der Waals surface area contributed by atoms with Crippen LogP contribution in [0.15, 0.2) is 30.7 Å². The van der Waals surface area contributed by atoms with E-state index < -0.39 is 0 Å². The summed E-state index contributed by atoms with van der Waals surface area (Å²) in [5, 5.41) is 5.23. The largest absolute Gasteiger partial charge is 0.458 e. The number of ether oxygens (including phenoxy) is 1. The van der Waals surface area contributed by atoms with E-state index >= 15 is 0 Å². The minimum absolute atomic E-state index is 0.277. The Bertz CT molecular complexity index is 906. The molecule has 0 amide bonds. The van der Waals surface area contributed by atoms with Gasteiger partial charge in [0.1, 0.15) is 12.4 Å². The zero-order valence-corrected chi connectivity index (χ0v) is 16.8. The van der Waals surface area contributed by atoms with Crippen molar-refractivity contribution in [3.05, 3.63) is 36.3 Å². The van der Waals surface area contributed by atoms with Gasteiger partial charge in [0, 0.05) is 18.9 Å². The molecule has 29 heavy (non-hydrogen) atoms. The Morgan fingerprint density at radius 1 is 0.966 bits per heavy atom. The highest BCUT2D eigenvalue weighted by atomic mass is 16.5. The molecule has 0 spiro atoms. The molecule has 154 valence electrons. The van der Waals surface area contributed by atoms with Crippen molar-refractivity contribution >= 4 is 16.9 Å². The van der Waals surface area contributed by atoms with Gasteiger partial charge in [-0.05, 0) is 63.0 Å². The summed E-state index contributed by atoms with van der Waals surface area (Å²) >= 11 is 0. The van der Waals surface area contributed by atoms with E-state index in [1.165, 1.54) is 51.7 Å². The van der Waals surface area contributed by atoms with Gasteiger partial charge in [0.05, 0.1) is 11.6 Å². The monoisotopic (exact) mass is 395 g/mol. The number of pyridine rings is 1. The Morgan fingerprint density at radius 2 is 1.72 bits per heavy atom. The van der Waals surface area contributed by atoms with E-state index in [1.807, 2.05) is 16.8 Å². The SMILES string of the molecule is Nc1nc(OCc2ccncc2)nc2c1cnn2CCCCCCN1CCCC1. The first-order valence-corrected chi connectivity index (χ1v) is 10.5. The molecule has 0 aliphatic carbocycles. The van der Waals surface area contributed by atoms with Crippen LogP contribution in [0.3, 0.4) is 0 Å². The molecular formula is C21H29N7O. The highest BCUT2D eigenvalue weighted by Crippen LogP contribution is 2.21. The van der Waals surface area contributed by atoms with Gasteiger partial charge in [0.2, 0.25) is 0 Å². The van der Waals surface area contributed by atoms with Crippen LogP contribution in [0.25, 0.3) is 11.0 Å². The smallest absolute Gasteiger partial charge is 0.320 e. The van der Waals surface area contributed by atoms with Crippen LogP contribution in [0.1, 0.15) is 44.1 Å². The lowest BCUT2D eigenvalue weighted by Gasteiger charge is -2.13. The van der Waals surface area contributed by atoms with Crippen molar-refractivity contribution in [3.63, 3.8) is 0 Å². The third kappa shape index (κ3) is 5.20. The molecule has 1 aliphatic heterocycles. The van der Waals surface area contributed by atoms with Gasteiger partial charge in [-0.3, -0.25) is 4.98 Å². The average molecular weight is 396 g/mol. The lowest BCUT2D eigenvalue weighted by Crippen LogP contribution is -2.20. The minimum Gasteiger partial charge on any atom is -0.458 e. The van der Waals surface area contributed by atoms with Crippen LogP contribution in [0, 0.1) is 0 Å². The fraction of sp³-hybridized carbons (Fsp3) is 0.524. The summed E-state index contributed by atoms with van der Waals surface area (Å²) < 4.78 is 7.65. The molecule has 0 atom stereocenters. The number of hydrogen-bond donors (Lipinski definition) is 1. The van der Waals surface area contributed by atoms with Gasteiger partial charge in [-0.25, -0.2) is 4.68 Å².